The molecule has 1 saturated carbocycles. The number of rotatable bonds is 8. The largest absolute Gasteiger partial charge is 0.412 e. The van der Waals surface area contributed by atoms with Crippen molar-refractivity contribution in [2.24, 2.45) is 5.92 Å². The van der Waals surface area contributed by atoms with Gasteiger partial charge >= 0.3 is 6.09 Å². The molecule has 0 spiro atoms. The van der Waals surface area contributed by atoms with Crippen molar-refractivity contribution in [2.75, 3.05) is 20.1 Å². The van der Waals surface area contributed by atoms with E-state index in [-0.39, 0.29) is 11.5 Å². The number of hydrogen-bond acceptors (Lipinski definition) is 4. The summed E-state index contributed by atoms with van der Waals surface area (Å²) in [7, 11) is 2.23. The predicted octanol–water partition coefficient (Wildman–Crippen LogP) is 7.86. The van der Waals surface area contributed by atoms with Crippen LogP contribution in [0.2, 0.25) is 0 Å². The Balaban J connectivity index is 1.57. The number of allylic oxidation sites excluding steroid dienone is 1. The first-order valence-corrected chi connectivity index (χ1v) is 14.4. The fourth-order valence-corrected chi connectivity index (χ4v) is 6.09. The van der Waals surface area contributed by atoms with Crippen LogP contribution in [0.3, 0.4) is 0 Å². The summed E-state index contributed by atoms with van der Waals surface area (Å²) in [4.78, 5) is 17.4. The number of carbonyl (C=O) groups excluding carboxylic acids is 1. The smallest absolute Gasteiger partial charge is 0.404 e. The Bertz CT molecular complexity index is 1100. The molecule has 1 aromatic heterocycles. The van der Waals surface area contributed by atoms with Crippen molar-refractivity contribution >= 4 is 23.1 Å². The second-order valence-corrected chi connectivity index (χ2v) is 12.4. The zero-order chi connectivity index (χ0) is 25.8. The monoisotopic (exact) mass is 508 g/mol. The average Bonchev–Trinajstić information content (AvgIpc) is 3.44. The zero-order valence-electron chi connectivity index (χ0n) is 22.6. The molecule has 1 aromatic carbocycles. The number of unbranched alkanes of at least 4 members (excludes halogenated alkanes) is 1. The molecular formula is C30H42N3O2S+. The van der Waals surface area contributed by atoms with E-state index in [4.69, 9.17) is 9.72 Å². The van der Waals surface area contributed by atoms with E-state index >= 15 is 0 Å². The molecule has 2 aliphatic rings. The molecule has 0 radical (unpaired) electrons. The molecule has 6 heteroatoms. The standard InChI is InChI=1S/C30H41N3O2S/c1-6-7-17-31-29(34)35-25-18-27(33(5,20-25)19-22-11-9-8-10-12-22)26-21-36-28(32-26)23-13-15-24(16-14-23)30(2,3)4/h13-16,18,20-22H,6-12,17,19H2,1-5H3/p+1. The van der Waals surface area contributed by atoms with E-state index in [1.807, 2.05) is 6.08 Å². The third-order valence-corrected chi connectivity index (χ3v) is 8.27. The Labute approximate surface area is 220 Å². The van der Waals surface area contributed by atoms with E-state index in [0.717, 1.165) is 41.3 Å². The van der Waals surface area contributed by atoms with Gasteiger partial charge in [0, 0.05) is 23.4 Å². The van der Waals surface area contributed by atoms with Crippen molar-refractivity contribution in [3.63, 3.8) is 0 Å². The number of benzene rings is 1. The van der Waals surface area contributed by atoms with Crippen LogP contribution in [0, 0.1) is 5.92 Å². The van der Waals surface area contributed by atoms with Crippen LogP contribution < -0.4 is 5.32 Å². The van der Waals surface area contributed by atoms with Crippen LogP contribution in [0.4, 0.5) is 4.79 Å². The van der Waals surface area contributed by atoms with E-state index in [1.165, 1.54) is 37.7 Å². The molecule has 1 atom stereocenters. The van der Waals surface area contributed by atoms with Crippen LogP contribution >= 0.6 is 11.3 Å². The van der Waals surface area contributed by atoms with Gasteiger partial charge in [0.25, 0.3) is 0 Å². The molecular weight excluding hydrogens is 466 g/mol. The number of hydrogen-bond donors (Lipinski definition) is 1. The molecule has 2 aromatic rings. The number of aromatic nitrogens is 1. The fraction of sp³-hybridized carbons (Fsp3) is 0.533. The second kappa shape index (κ2) is 11.3. The molecule has 1 unspecified atom stereocenters. The topological polar surface area (TPSA) is 51.2 Å². The normalized spacial score (nSPS) is 20.7. The van der Waals surface area contributed by atoms with Crippen LogP contribution in [0.15, 0.2) is 47.7 Å². The minimum Gasteiger partial charge on any atom is -0.404 e. The second-order valence-electron chi connectivity index (χ2n) is 11.6. The van der Waals surface area contributed by atoms with E-state index in [2.05, 4.69) is 75.9 Å². The van der Waals surface area contributed by atoms with Gasteiger partial charge in [0.1, 0.15) is 16.9 Å². The molecule has 1 N–H and O–H groups in total. The van der Waals surface area contributed by atoms with E-state index in [1.54, 1.807) is 11.3 Å². The first-order valence-electron chi connectivity index (χ1n) is 13.5. The average molecular weight is 509 g/mol. The number of amides is 1. The van der Waals surface area contributed by atoms with Crippen molar-refractivity contribution in [1.82, 2.24) is 10.3 Å². The van der Waals surface area contributed by atoms with E-state index in [0.29, 0.717) is 22.7 Å². The van der Waals surface area contributed by atoms with Crippen molar-refractivity contribution in [3.8, 4) is 10.6 Å². The van der Waals surface area contributed by atoms with Gasteiger partial charge in [-0.1, -0.05) is 77.6 Å². The Morgan fingerprint density at radius 1 is 1.17 bits per heavy atom. The molecule has 36 heavy (non-hydrogen) atoms. The third-order valence-electron chi connectivity index (χ3n) is 7.38. The number of nitrogens with one attached hydrogen (secondary N) is 1. The lowest BCUT2D eigenvalue weighted by molar-refractivity contribution is -0.788. The van der Waals surface area contributed by atoms with Gasteiger partial charge in [-0.25, -0.2) is 9.78 Å². The maximum atomic E-state index is 12.4. The minimum absolute atomic E-state index is 0.130. The highest BCUT2D eigenvalue weighted by atomic mass is 32.1. The van der Waals surface area contributed by atoms with Crippen LogP contribution in [-0.4, -0.2) is 35.7 Å². The van der Waals surface area contributed by atoms with Gasteiger partial charge in [-0.15, -0.1) is 11.3 Å². The molecule has 1 aliphatic heterocycles. The summed E-state index contributed by atoms with van der Waals surface area (Å²) in [6, 6.07) is 8.77. The molecule has 2 heterocycles. The summed E-state index contributed by atoms with van der Waals surface area (Å²) in [6.07, 6.45) is 12.2. The Morgan fingerprint density at radius 2 is 1.89 bits per heavy atom. The maximum Gasteiger partial charge on any atom is 0.412 e. The highest BCUT2D eigenvalue weighted by Crippen LogP contribution is 2.39. The van der Waals surface area contributed by atoms with Gasteiger partial charge < -0.3 is 10.1 Å². The molecule has 0 bridgehead atoms. The number of thiazole rings is 1. The van der Waals surface area contributed by atoms with Gasteiger partial charge in [0.15, 0.2) is 11.5 Å². The lowest BCUT2D eigenvalue weighted by Crippen LogP contribution is -2.40. The maximum absolute atomic E-state index is 12.4. The number of quaternary nitrogens is 1. The number of alkyl carbamates (subject to hydrolysis) is 1. The van der Waals surface area contributed by atoms with Crippen LogP contribution in [0.5, 0.6) is 0 Å². The summed E-state index contributed by atoms with van der Waals surface area (Å²) in [6.45, 7) is 10.4. The summed E-state index contributed by atoms with van der Waals surface area (Å²) < 4.78 is 6.34. The van der Waals surface area contributed by atoms with E-state index in [9.17, 15) is 4.79 Å². The highest BCUT2D eigenvalue weighted by Gasteiger charge is 2.38. The van der Waals surface area contributed by atoms with E-state index < -0.39 is 0 Å². The van der Waals surface area contributed by atoms with Crippen molar-refractivity contribution < 1.29 is 14.0 Å². The van der Waals surface area contributed by atoms with Crippen molar-refractivity contribution in [1.29, 1.82) is 0 Å². The zero-order valence-corrected chi connectivity index (χ0v) is 23.4. The van der Waals surface area contributed by atoms with Crippen molar-refractivity contribution in [2.45, 2.75) is 78.1 Å². The molecule has 5 nitrogen and oxygen atoms in total. The molecule has 4 rings (SSSR count). The van der Waals surface area contributed by atoms with Crippen LogP contribution in [0.1, 0.15) is 83.9 Å². The Kier molecular flexibility index (Phi) is 8.36. The highest BCUT2D eigenvalue weighted by molar-refractivity contribution is 7.13. The van der Waals surface area contributed by atoms with Gasteiger partial charge in [-0.3, -0.25) is 4.48 Å². The lowest BCUT2D eigenvalue weighted by atomic mass is 9.87. The van der Waals surface area contributed by atoms with Crippen LogP contribution in [-0.2, 0) is 10.2 Å². The first-order chi connectivity index (χ1) is 17.2. The SMILES string of the molecule is CCCCNC(=O)OC1=C[N+](C)(CC2CCCCC2)C(c2csc(-c3ccc(C(C)(C)C)cc3)n2)=C1. The lowest BCUT2D eigenvalue weighted by Gasteiger charge is -2.33. The van der Waals surface area contributed by atoms with Crippen LogP contribution in [0.25, 0.3) is 16.3 Å². The van der Waals surface area contributed by atoms with Gasteiger partial charge in [0.05, 0.1) is 19.7 Å². The quantitative estimate of drug-likeness (QED) is 0.292. The first kappa shape index (κ1) is 26.6. The van der Waals surface area contributed by atoms with Gasteiger partial charge in [-0.05, 0) is 30.2 Å². The summed E-state index contributed by atoms with van der Waals surface area (Å²) >= 11 is 1.67. The summed E-state index contributed by atoms with van der Waals surface area (Å²) in [5.74, 6) is 1.28. The fourth-order valence-electron chi connectivity index (χ4n) is 5.27. The molecule has 194 valence electrons. The third kappa shape index (κ3) is 6.46. The molecule has 1 fully saturated rings. The Morgan fingerprint density at radius 3 is 2.56 bits per heavy atom. The molecule has 0 saturated heterocycles. The Hall–Kier alpha value is -2.44. The summed E-state index contributed by atoms with van der Waals surface area (Å²) in [5, 5.41) is 6.03. The number of carbonyl (C=O) groups is 1. The number of ether oxygens (including phenoxy) is 1. The van der Waals surface area contributed by atoms with Gasteiger partial charge in [-0.2, -0.15) is 0 Å². The van der Waals surface area contributed by atoms with Gasteiger partial charge in [0.2, 0.25) is 0 Å². The minimum atomic E-state index is -0.380. The van der Waals surface area contributed by atoms with Crippen molar-refractivity contribution in [3.05, 3.63) is 58.9 Å². The molecule has 1 aliphatic carbocycles. The summed E-state index contributed by atoms with van der Waals surface area (Å²) in [5.41, 5.74) is 4.66. The number of nitrogens with zero attached hydrogens (tertiary/aromatic N) is 2. The molecule has 1 amide bonds. The predicted molar refractivity (Wildman–Crippen MR) is 149 cm³/mol.